The molecule has 18 heavy (non-hydrogen) atoms. The first-order valence-electron chi connectivity index (χ1n) is 5.43. The number of halogens is 1. The van der Waals surface area contributed by atoms with Crippen LogP contribution >= 0.6 is 15.9 Å². The highest BCUT2D eigenvalue weighted by Crippen LogP contribution is 2.36. The summed E-state index contributed by atoms with van der Waals surface area (Å²) in [5.41, 5.74) is 6.36. The van der Waals surface area contributed by atoms with E-state index in [0.717, 1.165) is 10.0 Å². The minimum absolute atomic E-state index is 0.194. The van der Waals surface area contributed by atoms with Crippen molar-refractivity contribution in [3.8, 4) is 11.5 Å². The second kappa shape index (κ2) is 6.61. The molecular weight excluding hydrogens is 300 g/mol. The molecule has 1 atom stereocenters. The molecule has 0 fully saturated rings. The van der Waals surface area contributed by atoms with E-state index in [1.807, 2.05) is 12.1 Å². The molecule has 0 bridgehead atoms. The molecule has 0 aromatic heterocycles. The van der Waals surface area contributed by atoms with Crippen LogP contribution in [0.3, 0.4) is 0 Å². The minimum atomic E-state index is -0.520. The summed E-state index contributed by atoms with van der Waals surface area (Å²) < 4.78 is 11.2. The van der Waals surface area contributed by atoms with Crippen LogP contribution in [0.5, 0.6) is 11.5 Å². The van der Waals surface area contributed by atoms with Gasteiger partial charge in [0.05, 0.1) is 24.7 Å². The SMILES string of the molecule is COc1cc(CNC(=O)[C@@H](C)N)cc(Br)c1OC. The van der Waals surface area contributed by atoms with Gasteiger partial charge in [-0.3, -0.25) is 4.79 Å². The molecule has 1 aromatic rings. The summed E-state index contributed by atoms with van der Waals surface area (Å²) >= 11 is 3.39. The molecule has 0 aliphatic carbocycles. The van der Waals surface area contributed by atoms with Gasteiger partial charge in [-0.05, 0) is 40.5 Å². The van der Waals surface area contributed by atoms with Gasteiger partial charge < -0.3 is 20.5 Å². The second-order valence-corrected chi connectivity index (χ2v) is 4.67. The van der Waals surface area contributed by atoms with Gasteiger partial charge >= 0.3 is 0 Å². The molecule has 0 unspecified atom stereocenters. The number of carbonyl (C=O) groups is 1. The Kier molecular flexibility index (Phi) is 5.43. The fourth-order valence-corrected chi connectivity index (χ4v) is 2.07. The zero-order valence-electron chi connectivity index (χ0n) is 10.6. The maximum atomic E-state index is 11.4. The molecule has 0 saturated heterocycles. The molecule has 0 aliphatic heterocycles. The Morgan fingerprint density at radius 3 is 2.61 bits per heavy atom. The van der Waals surface area contributed by atoms with Crippen LogP contribution < -0.4 is 20.5 Å². The summed E-state index contributed by atoms with van der Waals surface area (Å²) in [5, 5.41) is 2.73. The molecular formula is C12H17BrN2O3. The lowest BCUT2D eigenvalue weighted by Crippen LogP contribution is -2.37. The number of carbonyl (C=O) groups excluding carboxylic acids is 1. The van der Waals surface area contributed by atoms with Gasteiger partial charge in [-0.15, -0.1) is 0 Å². The van der Waals surface area contributed by atoms with Gasteiger partial charge in [-0.2, -0.15) is 0 Å². The van der Waals surface area contributed by atoms with E-state index in [2.05, 4.69) is 21.2 Å². The third kappa shape index (κ3) is 3.61. The maximum Gasteiger partial charge on any atom is 0.236 e. The fourth-order valence-electron chi connectivity index (χ4n) is 1.42. The smallest absolute Gasteiger partial charge is 0.236 e. The highest BCUT2D eigenvalue weighted by molar-refractivity contribution is 9.10. The van der Waals surface area contributed by atoms with Gasteiger partial charge in [0.25, 0.3) is 0 Å². The van der Waals surface area contributed by atoms with Gasteiger partial charge in [0.1, 0.15) is 0 Å². The van der Waals surface area contributed by atoms with E-state index in [4.69, 9.17) is 15.2 Å². The van der Waals surface area contributed by atoms with Crippen molar-refractivity contribution in [1.29, 1.82) is 0 Å². The number of methoxy groups -OCH3 is 2. The van der Waals surface area contributed by atoms with Crippen LogP contribution in [0.2, 0.25) is 0 Å². The molecule has 0 radical (unpaired) electrons. The lowest BCUT2D eigenvalue weighted by Gasteiger charge is -2.13. The summed E-state index contributed by atoms with van der Waals surface area (Å²) in [7, 11) is 3.13. The summed E-state index contributed by atoms with van der Waals surface area (Å²) in [5.74, 6) is 1.04. The predicted octanol–water partition coefficient (Wildman–Crippen LogP) is 1.43. The van der Waals surface area contributed by atoms with E-state index in [9.17, 15) is 4.79 Å². The molecule has 1 aromatic carbocycles. The Morgan fingerprint density at radius 2 is 2.11 bits per heavy atom. The van der Waals surface area contributed by atoms with Crippen molar-refractivity contribution < 1.29 is 14.3 Å². The van der Waals surface area contributed by atoms with Crippen LogP contribution in [0.15, 0.2) is 16.6 Å². The average Bonchev–Trinajstić information content (AvgIpc) is 2.34. The van der Waals surface area contributed by atoms with E-state index in [1.54, 1.807) is 21.1 Å². The number of ether oxygens (including phenoxy) is 2. The normalized spacial score (nSPS) is 11.8. The molecule has 0 heterocycles. The van der Waals surface area contributed by atoms with Gasteiger partial charge in [-0.25, -0.2) is 0 Å². The second-order valence-electron chi connectivity index (χ2n) is 3.82. The van der Waals surface area contributed by atoms with Gasteiger partial charge in [0.15, 0.2) is 11.5 Å². The van der Waals surface area contributed by atoms with Gasteiger partial charge in [0, 0.05) is 6.54 Å². The Labute approximate surface area is 115 Å². The lowest BCUT2D eigenvalue weighted by molar-refractivity contribution is -0.122. The molecule has 3 N–H and O–H groups in total. The fraction of sp³-hybridized carbons (Fsp3) is 0.417. The molecule has 6 heteroatoms. The molecule has 0 saturated carbocycles. The molecule has 1 amide bonds. The van der Waals surface area contributed by atoms with Crippen LogP contribution in [-0.4, -0.2) is 26.2 Å². The lowest BCUT2D eigenvalue weighted by atomic mass is 10.2. The van der Waals surface area contributed by atoms with Crippen molar-refractivity contribution in [3.63, 3.8) is 0 Å². The van der Waals surface area contributed by atoms with Gasteiger partial charge in [-0.1, -0.05) is 0 Å². The van der Waals surface area contributed by atoms with Crippen molar-refractivity contribution >= 4 is 21.8 Å². The van der Waals surface area contributed by atoms with Crippen LogP contribution in [0.4, 0.5) is 0 Å². The van der Waals surface area contributed by atoms with Crippen LogP contribution in [0, 0.1) is 0 Å². The maximum absolute atomic E-state index is 11.4. The van der Waals surface area contributed by atoms with Crippen molar-refractivity contribution in [1.82, 2.24) is 5.32 Å². The number of rotatable bonds is 5. The zero-order chi connectivity index (χ0) is 13.7. The number of nitrogens with one attached hydrogen (secondary N) is 1. The highest BCUT2D eigenvalue weighted by atomic mass is 79.9. The number of hydrogen-bond donors (Lipinski definition) is 2. The van der Waals surface area contributed by atoms with Crippen molar-refractivity contribution in [2.75, 3.05) is 14.2 Å². The predicted molar refractivity (Wildman–Crippen MR) is 72.7 cm³/mol. The van der Waals surface area contributed by atoms with E-state index in [-0.39, 0.29) is 5.91 Å². The molecule has 0 spiro atoms. The molecule has 100 valence electrons. The van der Waals surface area contributed by atoms with E-state index >= 15 is 0 Å². The minimum Gasteiger partial charge on any atom is -0.493 e. The monoisotopic (exact) mass is 316 g/mol. The van der Waals surface area contributed by atoms with Crippen molar-refractivity contribution in [2.24, 2.45) is 5.73 Å². The van der Waals surface area contributed by atoms with Crippen LogP contribution in [-0.2, 0) is 11.3 Å². The highest BCUT2D eigenvalue weighted by Gasteiger charge is 2.12. The summed E-state index contributed by atoms with van der Waals surface area (Å²) in [6.45, 7) is 2.03. The van der Waals surface area contributed by atoms with Crippen molar-refractivity contribution in [3.05, 3.63) is 22.2 Å². The number of benzene rings is 1. The topological polar surface area (TPSA) is 73.6 Å². The Morgan fingerprint density at radius 1 is 1.44 bits per heavy atom. The Balaban J connectivity index is 2.85. The number of hydrogen-bond acceptors (Lipinski definition) is 4. The van der Waals surface area contributed by atoms with Crippen LogP contribution in [0.25, 0.3) is 0 Å². The largest absolute Gasteiger partial charge is 0.493 e. The van der Waals surface area contributed by atoms with Gasteiger partial charge in [0.2, 0.25) is 5.91 Å². The first kappa shape index (κ1) is 14.8. The average molecular weight is 317 g/mol. The third-order valence-electron chi connectivity index (χ3n) is 2.37. The van der Waals surface area contributed by atoms with Crippen molar-refractivity contribution in [2.45, 2.75) is 19.5 Å². The third-order valence-corrected chi connectivity index (χ3v) is 2.96. The number of amides is 1. The molecule has 1 rings (SSSR count). The Hall–Kier alpha value is -1.27. The summed E-state index contributed by atoms with van der Waals surface area (Å²) in [4.78, 5) is 11.4. The molecule has 0 aliphatic rings. The van der Waals surface area contributed by atoms with E-state index in [0.29, 0.717) is 18.0 Å². The first-order chi connectivity index (χ1) is 8.49. The number of nitrogens with two attached hydrogens (primary N) is 1. The first-order valence-corrected chi connectivity index (χ1v) is 6.22. The van der Waals surface area contributed by atoms with Crippen LogP contribution in [0.1, 0.15) is 12.5 Å². The Bertz CT molecular complexity index is 436. The quantitative estimate of drug-likeness (QED) is 0.862. The van der Waals surface area contributed by atoms with E-state index < -0.39 is 6.04 Å². The molecule has 5 nitrogen and oxygen atoms in total. The summed E-state index contributed by atoms with van der Waals surface area (Å²) in [6, 6.07) is 3.15. The van der Waals surface area contributed by atoms with E-state index in [1.165, 1.54) is 0 Å². The standard InChI is InChI=1S/C12H17BrN2O3/c1-7(14)12(16)15-6-8-4-9(13)11(18-3)10(5-8)17-2/h4-5,7H,6,14H2,1-3H3,(H,15,16)/t7-/m1/s1. The summed E-state index contributed by atoms with van der Waals surface area (Å²) in [6.07, 6.45) is 0. The zero-order valence-corrected chi connectivity index (χ0v) is 12.2.